The summed E-state index contributed by atoms with van der Waals surface area (Å²) >= 11 is 0. The monoisotopic (exact) mass is 322 g/mol. The molecule has 1 aromatic carbocycles. The predicted octanol–water partition coefficient (Wildman–Crippen LogP) is 3.53. The van der Waals surface area contributed by atoms with Crippen LogP contribution in [0.5, 0.6) is 0 Å². The molecule has 3 aromatic rings. The number of nitrogens with zero attached hydrogens (tertiary/aromatic N) is 4. The number of nitrogen functional groups attached to an aromatic ring is 1. The lowest BCUT2D eigenvalue weighted by Crippen LogP contribution is -2.20. The van der Waals surface area contributed by atoms with Gasteiger partial charge in [0, 0.05) is 6.04 Å². The third-order valence-corrected chi connectivity index (χ3v) is 4.74. The zero-order chi connectivity index (χ0) is 16.4. The van der Waals surface area contributed by atoms with Crippen molar-refractivity contribution in [1.29, 1.82) is 0 Å². The van der Waals surface area contributed by atoms with Gasteiger partial charge in [-0.1, -0.05) is 37.8 Å². The molecule has 1 saturated carbocycles. The summed E-state index contributed by atoms with van der Waals surface area (Å²) in [5, 5.41) is 3.53. The van der Waals surface area contributed by atoms with Crippen molar-refractivity contribution in [1.82, 2.24) is 19.5 Å². The molecular formula is C18H22N6. The minimum Gasteiger partial charge on any atom is -0.393 e. The lowest BCUT2D eigenvalue weighted by atomic mass is 10.1. The third kappa shape index (κ3) is 2.79. The van der Waals surface area contributed by atoms with Crippen molar-refractivity contribution >= 4 is 22.5 Å². The van der Waals surface area contributed by atoms with Crippen LogP contribution in [0.2, 0.25) is 0 Å². The summed E-state index contributed by atoms with van der Waals surface area (Å²) in [6.45, 7) is 0. The lowest BCUT2D eigenvalue weighted by Gasteiger charge is -2.19. The summed E-state index contributed by atoms with van der Waals surface area (Å²) in [4.78, 5) is 13.2. The molecule has 0 amide bonds. The molecule has 24 heavy (non-hydrogen) atoms. The van der Waals surface area contributed by atoms with Gasteiger partial charge in [-0.3, -0.25) is 4.57 Å². The molecule has 3 N–H and O–H groups in total. The standard InChI is InChI=1S/C18H22N6/c19-16-17(23-13-7-3-1-2-4-8-13)20-11-21-18(16)24-12-22-14-9-5-6-10-15(14)24/h5-6,9-13H,1-4,7-8,19H2,(H,20,21,23). The summed E-state index contributed by atoms with van der Waals surface area (Å²) in [6, 6.07) is 8.40. The first-order chi connectivity index (χ1) is 11.8. The van der Waals surface area contributed by atoms with Crippen molar-refractivity contribution in [3.05, 3.63) is 36.9 Å². The maximum absolute atomic E-state index is 6.39. The Kier molecular flexibility index (Phi) is 4.02. The summed E-state index contributed by atoms with van der Waals surface area (Å²) in [6.07, 6.45) is 10.9. The van der Waals surface area contributed by atoms with E-state index in [0.717, 1.165) is 16.9 Å². The van der Waals surface area contributed by atoms with E-state index in [2.05, 4.69) is 20.3 Å². The molecular weight excluding hydrogens is 300 g/mol. The van der Waals surface area contributed by atoms with E-state index in [1.807, 2.05) is 28.8 Å². The molecule has 6 heteroatoms. The predicted molar refractivity (Wildman–Crippen MR) is 96.2 cm³/mol. The number of hydrogen-bond acceptors (Lipinski definition) is 5. The number of nitrogens with two attached hydrogens (primary N) is 1. The van der Waals surface area contributed by atoms with Gasteiger partial charge in [-0.25, -0.2) is 15.0 Å². The first kappa shape index (κ1) is 14.9. The Morgan fingerprint density at radius 3 is 2.62 bits per heavy atom. The highest BCUT2D eigenvalue weighted by atomic mass is 15.2. The lowest BCUT2D eigenvalue weighted by molar-refractivity contribution is 0.617. The second-order valence-corrected chi connectivity index (χ2v) is 6.40. The van der Waals surface area contributed by atoms with E-state index in [4.69, 9.17) is 5.73 Å². The van der Waals surface area contributed by atoms with Gasteiger partial charge in [0.05, 0.1) is 11.0 Å². The van der Waals surface area contributed by atoms with E-state index in [9.17, 15) is 0 Å². The van der Waals surface area contributed by atoms with E-state index in [1.54, 1.807) is 12.7 Å². The molecule has 1 aliphatic rings. The molecule has 4 rings (SSSR count). The van der Waals surface area contributed by atoms with E-state index in [1.165, 1.54) is 38.5 Å². The van der Waals surface area contributed by atoms with Gasteiger partial charge in [-0.15, -0.1) is 0 Å². The van der Waals surface area contributed by atoms with Crippen molar-refractivity contribution in [2.75, 3.05) is 11.1 Å². The summed E-state index contributed by atoms with van der Waals surface area (Å²) in [7, 11) is 0. The van der Waals surface area contributed by atoms with Gasteiger partial charge in [0.25, 0.3) is 0 Å². The first-order valence-electron chi connectivity index (χ1n) is 8.62. The Balaban J connectivity index is 1.67. The van der Waals surface area contributed by atoms with Gasteiger partial charge in [0.15, 0.2) is 11.6 Å². The molecule has 6 nitrogen and oxygen atoms in total. The molecule has 124 valence electrons. The fraction of sp³-hybridized carbons (Fsp3) is 0.389. The summed E-state index contributed by atoms with van der Waals surface area (Å²) in [5.74, 6) is 1.40. The Labute approximate surface area is 141 Å². The van der Waals surface area contributed by atoms with Crippen molar-refractivity contribution in [2.24, 2.45) is 0 Å². The highest BCUT2D eigenvalue weighted by Crippen LogP contribution is 2.27. The van der Waals surface area contributed by atoms with Gasteiger partial charge < -0.3 is 11.1 Å². The molecule has 1 aliphatic carbocycles. The van der Waals surface area contributed by atoms with E-state index in [-0.39, 0.29) is 0 Å². The second-order valence-electron chi connectivity index (χ2n) is 6.40. The Bertz CT molecular complexity index is 832. The third-order valence-electron chi connectivity index (χ3n) is 4.74. The maximum atomic E-state index is 6.39. The number of imidazole rings is 1. The number of hydrogen-bond donors (Lipinski definition) is 2. The average molecular weight is 322 g/mol. The van der Waals surface area contributed by atoms with Crippen LogP contribution in [0.15, 0.2) is 36.9 Å². The zero-order valence-electron chi connectivity index (χ0n) is 13.7. The average Bonchev–Trinajstić information content (AvgIpc) is 2.86. The van der Waals surface area contributed by atoms with Crippen molar-refractivity contribution in [2.45, 2.75) is 44.6 Å². The summed E-state index contributed by atoms with van der Waals surface area (Å²) < 4.78 is 1.92. The van der Waals surface area contributed by atoms with E-state index < -0.39 is 0 Å². The molecule has 0 spiro atoms. The minimum absolute atomic E-state index is 0.442. The molecule has 2 heterocycles. The molecule has 0 saturated heterocycles. The fourth-order valence-electron chi connectivity index (χ4n) is 3.44. The van der Waals surface area contributed by atoms with Crippen LogP contribution in [-0.4, -0.2) is 25.6 Å². The van der Waals surface area contributed by atoms with Crippen LogP contribution in [-0.2, 0) is 0 Å². The Morgan fingerprint density at radius 2 is 1.79 bits per heavy atom. The number of nitrogens with one attached hydrogen (secondary N) is 1. The highest BCUT2D eigenvalue weighted by Gasteiger charge is 2.17. The molecule has 0 radical (unpaired) electrons. The van der Waals surface area contributed by atoms with Gasteiger partial charge in [-0.05, 0) is 25.0 Å². The van der Waals surface area contributed by atoms with E-state index in [0.29, 0.717) is 17.5 Å². The number of fused-ring (bicyclic) bond motifs is 1. The quantitative estimate of drug-likeness (QED) is 0.721. The van der Waals surface area contributed by atoms with Gasteiger partial charge in [-0.2, -0.15) is 0 Å². The van der Waals surface area contributed by atoms with E-state index >= 15 is 0 Å². The topological polar surface area (TPSA) is 81.6 Å². The molecule has 0 unspecified atom stereocenters. The van der Waals surface area contributed by atoms with Crippen molar-refractivity contribution < 1.29 is 0 Å². The highest BCUT2D eigenvalue weighted by molar-refractivity contribution is 5.80. The zero-order valence-corrected chi connectivity index (χ0v) is 13.7. The molecule has 2 aromatic heterocycles. The van der Waals surface area contributed by atoms with Crippen LogP contribution < -0.4 is 11.1 Å². The fourth-order valence-corrected chi connectivity index (χ4v) is 3.44. The van der Waals surface area contributed by atoms with Gasteiger partial charge >= 0.3 is 0 Å². The van der Waals surface area contributed by atoms with Crippen molar-refractivity contribution in [3.8, 4) is 5.82 Å². The molecule has 1 fully saturated rings. The number of anilines is 2. The minimum atomic E-state index is 0.442. The largest absolute Gasteiger partial charge is 0.393 e. The molecule has 0 bridgehead atoms. The Morgan fingerprint density at radius 1 is 1.00 bits per heavy atom. The second kappa shape index (κ2) is 6.47. The number of para-hydroxylation sites is 2. The first-order valence-corrected chi connectivity index (χ1v) is 8.62. The number of aromatic nitrogens is 4. The van der Waals surface area contributed by atoms with Crippen molar-refractivity contribution in [3.63, 3.8) is 0 Å². The smallest absolute Gasteiger partial charge is 0.167 e. The molecule has 0 aliphatic heterocycles. The number of benzene rings is 1. The van der Waals surface area contributed by atoms with Crippen LogP contribution in [0.3, 0.4) is 0 Å². The van der Waals surface area contributed by atoms with Crippen LogP contribution in [0.1, 0.15) is 38.5 Å². The van der Waals surface area contributed by atoms with Gasteiger partial charge in [0.2, 0.25) is 0 Å². The Hall–Kier alpha value is -2.63. The van der Waals surface area contributed by atoms with Crippen LogP contribution in [0, 0.1) is 0 Å². The van der Waals surface area contributed by atoms with Gasteiger partial charge in [0.1, 0.15) is 18.3 Å². The van der Waals surface area contributed by atoms with Crippen LogP contribution in [0.25, 0.3) is 16.9 Å². The maximum Gasteiger partial charge on any atom is 0.167 e. The summed E-state index contributed by atoms with van der Waals surface area (Å²) in [5.41, 5.74) is 8.87. The normalized spacial score (nSPS) is 16.2. The van der Waals surface area contributed by atoms with Crippen LogP contribution in [0.4, 0.5) is 11.5 Å². The van der Waals surface area contributed by atoms with Crippen LogP contribution >= 0.6 is 0 Å². The molecule has 0 atom stereocenters. The number of rotatable bonds is 3. The SMILES string of the molecule is Nc1c(NC2CCCCCC2)ncnc1-n1cnc2ccccc21.